The van der Waals surface area contributed by atoms with Crippen LogP contribution in [0.2, 0.25) is 0 Å². The molecule has 1 rings (SSSR count). The minimum absolute atomic E-state index is 0.00504. The van der Waals surface area contributed by atoms with Crippen LogP contribution in [0.4, 0.5) is 5.69 Å². The summed E-state index contributed by atoms with van der Waals surface area (Å²) in [5, 5.41) is 21.3. The van der Waals surface area contributed by atoms with E-state index in [1.165, 1.54) is 0 Å². The van der Waals surface area contributed by atoms with Crippen molar-refractivity contribution in [1.29, 1.82) is 0 Å². The van der Waals surface area contributed by atoms with Gasteiger partial charge in [-0.2, -0.15) is 0 Å². The van der Waals surface area contributed by atoms with Crippen molar-refractivity contribution < 1.29 is 14.9 Å². The molecular formula is C13H21NO3. The van der Waals surface area contributed by atoms with Gasteiger partial charge in [0.1, 0.15) is 5.75 Å². The molecule has 0 aliphatic rings. The standard InChI is InChI=1S/C13H21NO3/c1-9-7-13(17-3)10(2)6-12(9)14-11(8-16)4-5-15/h6-7,11,14-16H,4-5,8H2,1-3H3. The molecule has 0 spiro atoms. The van der Waals surface area contributed by atoms with Crippen molar-refractivity contribution in [3.05, 3.63) is 23.3 Å². The van der Waals surface area contributed by atoms with E-state index in [2.05, 4.69) is 5.32 Å². The van der Waals surface area contributed by atoms with Crippen LogP contribution in [0.25, 0.3) is 0 Å². The first kappa shape index (κ1) is 13.8. The molecule has 0 aliphatic heterocycles. The predicted molar refractivity (Wildman–Crippen MR) is 68.7 cm³/mol. The summed E-state index contributed by atoms with van der Waals surface area (Å²) >= 11 is 0. The number of aliphatic hydroxyl groups is 2. The third-order valence-electron chi connectivity index (χ3n) is 2.80. The third-order valence-corrected chi connectivity index (χ3v) is 2.80. The lowest BCUT2D eigenvalue weighted by molar-refractivity contribution is 0.229. The molecular weight excluding hydrogens is 218 g/mol. The minimum atomic E-state index is -0.119. The molecule has 4 nitrogen and oxygen atoms in total. The molecule has 96 valence electrons. The van der Waals surface area contributed by atoms with E-state index < -0.39 is 0 Å². The number of nitrogens with one attached hydrogen (secondary N) is 1. The van der Waals surface area contributed by atoms with Crippen molar-refractivity contribution in [3.8, 4) is 5.75 Å². The summed E-state index contributed by atoms with van der Waals surface area (Å²) in [5.41, 5.74) is 3.07. The highest BCUT2D eigenvalue weighted by Crippen LogP contribution is 2.26. The molecule has 1 aromatic rings. The van der Waals surface area contributed by atoms with Gasteiger partial charge >= 0.3 is 0 Å². The first-order chi connectivity index (χ1) is 8.12. The molecule has 0 amide bonds. The lowest BCUT2D eigenvalue weighted by Crippen LogP contribution is -2.25. The van der Waals surface area contributed by atoms with E-state index in [-0.39, 0.29) is 19.3 Å². The predicted octanol–water partition coefficient (Wildman–Crippen LogP) is 1.47. The van der Waals surface area contributed by atoms with Gasteiger partial charge in [-0.25, -0.2) is 0 Å². The summed E-state index contributed by atoms with van der Waals surface area (Å²) in [6.07, 6.45) is 0.529. The minimum Gasteiger partial charge on any atom is -0.496 e. The third kappa shape index (κ3) is 3.61. The second kappa shape index (κ2) is 6.47. The summed E-state index contributed by atoms with van der Waals surface area (Å²) in [6.45, 7) is 4.03. The van der Waals surface area contributed by atoms with E-state index in [1.807, 2.05) is 26.0 Å². The zero-order valence-corrected chi connectivity index (χ0v) is 10.7. The maximum Gasteiger partial charge on any atom is 0.122 e. The van der Waals surface area contributed by atoms with E-state index in [9.17, 15) is 5.11 Å². The van der Waals surface area contributed by atoms with Gasteiger partial charge in [0, 0.05) is 12.3 Å². The summed E-state index contributed by atoms with van der Waals surface area (Å²) < 4.78 is 5.24. The van der Waals surface area contributed by atoms with Gasteiger partial charge in [-0.15, -0.1) is 0 Å². The fourth-order valence-corrected chi connectivity index (χ4v) is 1.75. The zero-order valence-electron chi connectivity index (χ0n) is 10.7. The van der Waals surface area contributed by atoms with E-state index in [1.54, 1.807) is 7.11 Å². The van der Waals surface area contributed by atoms with Crippen molar-refractivity contribution >= 4 is 5.69 Å². The fourth-order valence-electron chi connectivity index (χ4n) is 1.75. The Labute approximate surface area is 102 Å². The Hall–Kier alpha value is -1.26. The second-order valence-corrected chi connectivity index (χ2v) is 4.17. The number of rotatable bonds is 6. The second-order valence-electron chi connectivity index (χ2n) is 4.17. The average Bonchev–Trinajstić information content (AvgIpc) is 2.32. The van der Waals surface area contributed by atoms with E-state index >= 15 is 0 Å². The average molecular weight is 239 g/mol. The van der Waals surface area contributed by atoms with Gasteiger partial charge in [-0.3, -0.25) is 0 Å². The largest absolute Gasteiger partial charge is 0.496 e. The van der Waals surface area contributed by atoms with Gasteiger partial charge in [-0.05, 0) is 43.5 Å². The fraction of sp³-hybridized carbons (Fsp3) is 0.538. The number of methoxy groups -OCH3 is 1. The number of ether oxygens (including phenoxy) is 1. The van der Waals surface area contributed by atoms with Crippen molar-refractivity contribution in [2.75, 3.05) is 25.6 Å². The molecule has 0 radical (unpaired) electrons. The molecule has 0 saturated heterocycles. The number of hydrogen-bond acceptors (Lipinski definition) is 4. The van der Waals surface area contributed by atoms with Crippen LogP contribution in [0.3, 0.4) is 0 Å². The van der Waals surface area contributed by atoms with Gasteiger partial charge in [0.25, 0.3) is 0 Å². The quantitative estimate of drug-likeness (QED) is 0.703. The van der Waals surface area contributed by atoms with E-state index in [0.29, 0.717) is 6.42 Å². The smallest absolute Gasteiger partial charge is 0.122 e. The summed E-state index contributed by atoms with van der Waals surface area (Å²) in [5.74, 6) is 0.857. The highest BCUT2D eigenvalue weighted by atomic mass is 16.5. The maximum absolute atomic E-state index is 9.18. The number of anilines is 1. The molecule has 1 atom stereocenters. The van der Waals surface area contributed by atoms with Gasteiger partial charge in [0.2, 0.25) is 0 Å². The van der Waals surface area contributed by atoms with Crippen LogP contribution < -0.4 is 10.1 Å². The lowest BCUT2D eigenvalue weighted by Gasteiger charge is -2.19. The molecule has 17 heavy (non-hydrogen) atoms. The van der Waals surface area contributed by atoms with Crippen LogP contribution >= 0.6 is 0 Å². The Kier molecular flexibility index (Phi) is 5.25. The molecule has 1 unspecified atom stereocenters. The first-order valence-corrected chi connectivity index (χ1v) is 5.75. The first-order valence-electron chi connectivity index (χ1n) is 5.75. The molecule has 0 saturated carbocycles. The highest BCUT2D eigenvalue weighted by Gasteiger charge is 2.10. The summed E-state index contributed by atoms with van der Waals surface area (Å²) in [7, 11) is 1.65. The van der Waals surface area contributed by atoms with Crippen LogP contribution in [0.1, 0.15) is 17.5 Å². The van der Waals surface area contributed by atoms with Crippen molar-refractivity contribution in [1.82, 2.24) is 0 Å². The number of aryl methyl sites for hydroxylation is 2. The Morgan fingerprint density at radius 3 is 2.47 bits per heavy atom. The van der Waals surface area contributed by atoms with Gasteiger partial charge in [-0.1, -0.05) is 0 Å². The van der Waals surface area contributed by atoms with Crippen LogP contribution in [-0.4, -0.2) is 36.6 Å². The Balaban J connectivity index is 2.87. The summed E-state index contributed by atoms with van der Waals surface area (Å²) in [4.78, 5) is 0. The normalized spacial score (nSPS) is 12.3. The number of hydrogen-bond donors (Lipinski definition) is 3. The molecule has 1 aromatic carbocycles. The SMILES string of the molecule is COc1cc(C)c(NC(CO)CCO)cc1C. The molecule has 0 heterocycles. The van der Waals surface area contributed by atoms with Gasteiger partial charge < -0.3 is 20.3 Å². The highest BCUT2D eigenvalue weighted by molar-refractivity contribution is 5.57. The van der Waals surface area contributed by atoms with Gasteiger partial charge in [0.05, 0.1) is 19.8 Å². The monoisotopic (exact) mass is 239 g/mol. The van der Waals surface area contributed by atoms with Crippen molar-refractivity contribution in [2.45, 2.75) is 26.3 Å². The maximum atomic E-state index is 9.18. The van der Waals surface area contributed by atoms with Crippen LogP contribution in [0.15, 0.2) is 12.1 Å². The van der Waals surface area contributed by atoms with Crippen LogP contribution in [0.5, 0.6) is 5.75 Å². The molecule has 0 aliphatic carbocycles. The number of aliphatic hydroxyl groups excluding tert-OH is 2. The number of benzene rings is 1. The van der Waals surface area contributed by atoms with Crippen LogP contribution in [-0.2, 0) is 0 Å². The van der Waals surface area contributed by atoms with Gasteiger partial charge in [0.15, 0.2) is 0 Å². The summed E-state index contributed by atoms with van der Waals surface area (Å²) in [6, 6.07) is 3.84. The molecule has 0 aromatic heterocycles. The lowest BCUT2D eigenvalue weighted by atomic mass is 10.1. The Bertz CT molecular complexity index is 366. The molecule has 0 bridgehead atoms. The topological polar surface area (TPSA) is 61.7 Å². The van der Waals surface area contributed by atoms with E-state index in [0.717, 1.165) is 22.6 Å². The molecule has 4 heteroatoms. The molecule has 0 fully saturated rings. The van der Waals surface area contributed by atoms with E-state index in [4.69, 9.17) is 9.84 Å². The van der Waals surface area contributed by atoms with Crippen molar-refractivity contribution in [3.63, 3.8) is 0 Å². The van der Waals surface area contributed by atoms with Crippen molar-refractivity contribution in [2.24, 2.45) is 0 Å². The Morgan fingerprint density at radius 2 is 1.94 bits per heavy atom. The molecule has 3 N–H and O–H groups in total. The zero-order chi connectivity index (χ0) is 12.8. The Morgan fingerprint density at radius 1 is 1.24 bits per heavy atom. The van der Waals surface area contributed by atoms with Crippen LogP contribution in [0, 0.1) is 13.8 Å².